The number of carbonyl (C=O) groups excluding carboxylic acids is 3. The van der Waals surface area contributed by atoms with E-state index in [0.717, 1.165) is 29.1 Å². The van der Waals surface area contributed by atoms with Crippen molar-refractivity contribution in [2.75, 3.05) is 18.5 Å². The average molecular weight is 416 g/mol. The van der Waals surface area contributed by atoms with Crippen LogP contribution in [0.15, 0.2) is 30.3 Å². The summed E-state index contributed by atoms with van der Waals surface area (Å²) < 4.78 is 10.6. The maximum Gasteiger partial charge on any atom is 0.341 e. The van der Waals surface area contributed by atoms with Gasteiger partial charge in [0.05, 0.1) is 23.7 Å². The van der Waals surface area contributed by atoms with Gasteiger partial charge in [-0.1, -0.05) is 19.1 Å². The molecule has 0 saturated heterocycles. The van der Waals surface area contributed by atoms with Crippen LogP contribution in [0.4, 0.5) is 5.00 Å². The van der Waals surface area contributed by atoms with Crippen LogP contribution in [0.1, 0.15) is 58.3 Å². The summed E-state index contributed by atoms with van der Waals surface area (Å²) in [6.45, 7) is 7.69. The molecular formula is C22H25NO5S. The number of hydrogen-bond donors (Lipinski definition) is 1. The summed E-state index contributed by atoms with van der Waals surface area (Å²) in [6, 6.07) is 7.38. The fourth-order valence-electron chi connectivity index (χ4n) is 2.61. The van der Waals surface area contributed by atoms with Gasteiger partial charge in [0.25, 0.3) is 0 Å². The lowest BCUT2D eigenvalue weighted by Crippen LogP contribution is -2.12. The summed E-state index contributed by atoms with van der Waals surface area (Å²) in [4.78, 5) is 36.9. The minimum Gasteiger partial charge on any atom is -0.494 e. The molecule has 0 aliphatic carbocycles. The van der Waals surface area contributed by atoms with E-state index < -0.39 is 11.9 Å². The molecule has 6 nitrogen and oxygen atoms in total. The predicted octanol–water partition coefficient (Wildman–Crippen LogP) is 4.88. The highest BCUT2D eigenvalue weighted by atomic mass is 32.1. The third-order valence-electron chi connectivity index (χ3n) is 3.96. The first-order valence-electron chi connectivity index (χ1n) is 9.40. The molecule has 1 aromatic carbocycles. The highest BCUT2D eigenvalue weighted by Gasteiger charge is 2.24. The smallest absolute Gasteiger partial charge is 0.341 e. The van der Waals surface area contributed by atoms with Crippen LogP contribution < -0.4 is 10.1 Å². The molecule has 0 spiro atoms. The van der Waals surface area contributed by atoms with Crippen LogP contribution in [0.2, 0.25) is 0 Å². The molecule has 29 heavy (non-hydrogen) atoms. The van der Waals surface area contributed by atoms with Crippen molar-refractivity contribution in [3.8, 4) is 5.75 Å². The van der Waals surface area contributed by atoms with Crippen LogP contribution in [0, 0.1) is 6.92 Å². The lowest BCUT2D eigenvalue weighted by atomic mass is 10.1. The second-order valence-electron chi connectivity index (χ2n) is 6.28. The van der Waals surface area contributed by atoms with Crippen LogP contribution in [0.25, 0.3) is 6.08 Å². The van der Waals surface area contributed by atoms with E-state index >= 15 is 0 Å². The quantitative estimate of drug-likeness (QED) is 0.359. The standard InChI is InChI=1S/C22H25NO5S/c1-5-13-28-17-10-7-16(8-11-17)9-12-18(25)23-21-19(22(26)27-6-2)14(3)20(29-21)15(4)24/h7-12H,5-6,13H2,1-4H3,(H,23,25)/b12-9+. The zero-order valence-electron chi connectivity index (χ0n) is 17.0. The van der Waals surface area contributed by atoms with Crippen molar-refractivity contribution in [3.05, 3.63) is 51.9 Å². The number of hydrogen-bond acceptors (Lipinski definition) is 6. The third kappa shape index (κ3) is 6.02. The zero-order valence-corrected chi connectivity index (χ0v) is 17.9. The normalized spacial score (nSPS) is 10.8. The Bertz CT molecular complexity index is 912. The molecule has 0 fully saturated rings. The molecule has 7 heteroatoms. The first-order valence-corrected chi connectivity index (χ1v) is 10.2. The minimum absolute atomic E-state index is 0.167. The maximum atomic E-state index is 12.4. The first-order chi connectivity index (χ1) is 13.9. The summed E-state index contributed by atoms with van der Waals surface area (Å²) in [5, 5.41) is 3.00. The van der Waals surface area contributed by atoms with E-state index in [-0.39, 0.29) is 18.0 Å². The molecule has 0 saturated carbocycles. The van der Waals surface area contributed by atoms with Gasteiger partial charge in [-0.25, -0.2) is 4.79 Å². The number of thiophene rings is 1. The second-order valence-corrected chi connectivity index (χ2v) is 7.30. The van der Waals surface area contributed by atoms with Gasteiger partial charge < -0.3 is 14.8 Å². The lowest BCUT2D eigenvalue weighted by molar-refractivity contribution is -0.111. The number of nitrogens with one attached hydrogen (secondary N) is 1. The van der Waals surface area contributed by atoms with Gasteiger partial charge in [-0.2, -0.15) is 0 Å². The van der Waals surface area contributed by atoms with Crippen molar-refractivity contribution in [3.63, 3.8) is 0 Å². The number of anilines is 1. The van der Waals surface area contributed by atoms with Crippen LogP contribution in [-0.4, -0.2) is 30.9 Å². The van der Waals surface area contributed by atoms with Gasteiger partial charge in [-0.15, -0.1) is 11.3 Å². The van der Waals surface area contributed by atoms with Gasteiger partial charge >= 0.3 is 5.97 Å². The van der Waals surface area contributed by atoms with Crippen LogP contribution in [-0.2, 0) is 9.53 Å². The number of esters is 1. The van der Waals surface area contributed by atoms with Gasteiger partial charge in [-0.05, 0) is 56.5 Å². The van der Waals surface area contributed by atoms with Gasteiger partial charge in [0, 0.05) is 6.08 Å². The molecule has 0 aliphatic heterocycles. The Labute approximate surface area is 174 Å². The van der Waals surface area contributed by atoms with Crippen LogP contribution in [0.3, 0.4) is 0 Å². The van der Waals surface area contributed by atoms with Crippen molar-refractivity contribution in [1.29, 1.82) is 0 Å². The third-order valence-corrected chi connectivity index (χ3v) is 5.27. The Kier molecular flexibility index (Phi) is 8.15. The van der Waals surface area contributed by atoms with E-state index in [1.807, 2.05) is 31.2 Å². The van der Waals surface area contributed by atoms with Crippen molar-refractivity contribution in [2.45, 2.75) is 34.1 Å². The molecule has 1 N–H and O–H groups in total. The number of ketones is 1. The van der Waals surface area contributed by atoms with Crippen molar-refractivity contribution >= 4 is 40.1 Å². The van der Waals surface area contributed by atoms with E-state index in [4.69, 9.17) is 9.47 Å². The molecule has 2 aromatic rings. The summed E-state index contributed by atoms with van der Waals surface area (Å²) in [5.41, 5.74) is 1.57. The van der Waals surface area contributed by atoms with Crippen molar-refractivity contribution in [2.24, 2.45) is 0 Å². The van der Waals surface area contributed by atoms with Gasteiger partial charge in [0.2, 0.25) is 5.91 Å². The SMILES string of the molecule is CCCOc1ccc(/C=C/C(=O)Nc2sc(C(C)=O)c(C)c2C(=O)OCC)cc1. The first kappa shape index (κ1) is 22.4. The fourth-order valence-corrected chi connectivity index (χ4v) is 3.70. The Balaban J connectivity index is 2.15. The monoisotopic (exact) mass is 415 g/mol. The molecule has 0 unspecified atom stereocenters. The largest absolute Gasteiger partial charge is 0.494 e. The summed E-state index contributed by atoms with van der Waals surface area (Å²) >= 11 is 1.08. The number of ether oxygens (including phenoxy) is 2. The Morgan fingerprint density at radius 2 is 1.83 bits per heavy atom. The molecule has 1 amide bonds. The number of rotatable bonds is 9. The molecule has 1 heterocycles. The molecule has 0 aliphatic rings. The average Bonchev–Trinajstić information content (AvgIpc) is 3.01. The maximum absolute atomic E-state index is 12.4. The van der Waals surface area contributed by atoms with Gasteiger partial charge in [-0.3, -0.25) is 9.59 Å². The topological polar surface area (TPSA) is 81.7 Å². The molecule has 1 aromatic heterocycles. The molecule has 0 bridgehead atoms. The van der Waals surface area contributed by atoms with Crippen molar-refractivity contribution < 1.29 is 23.9 Å². The summed E-state index contributed by atoms with van der Waals surface area (Å²) in [7, 11) is 0. The number of benzene rings is 1. The highest BCUT2D eigenvalue weighted by Crippen LogP contribution is 2.34. The van der Waals surface area contributed by atoms with E-state index in [0.29, 0.717) is 22.0 Å². The highest BCUT2D eigenvalue weighted by molar-refractivity contribution is 7.18. The summed E-state index contributed by atoms with van der Waals surface area (Å²) in [6.07, 6.45) is 3.97. The lowest BCUT2D eigenvalue weighted by Gasteiger charge is -2.06. The van der Waals surface area contributed by atoms with E-state index in [1.165, 1.54) is 13.0 Å². The van der Waals surface area contributed by atoms with Crippen LogP contribution in [0.5, 0.6) is 5.75 Å². The predicted molar refractivity (Wildman–Crippen MR) is 115 cm³/mol. The number of Topliss-reactive ketones (excluding diaryl/α,β-unsaturated/α-hetero) is 1. The minimum atomic E-state index is -0.560. The molecule has 0 radical (unpaired) electrons. The zero-order chi connectivity index (χ0) is 21.4. The van der Waals surface area contributed by atoms with E-state index in [9.17, 15) is 14.4 Å². The van der Waals surface area contributed by atoms with Crippen molar-refractivity contribution in [1.82, 2.24) is 0 Å². The van der Waals surface area contributed by atoms with Gasteiger partial charge in [0.1, 0.15) is 10.8 Å². The Morgan fingerprint density at radius 3 is 2.41 bits per heavy atom. The van der Waals surface area contributed by atoms with Crippen LogP contribution >= 0.6 is 11.3 Å². The molecule has 2 rings (SSSR count). The van der Waals surface area contributed by atoms with E-state index in [2.05, 4.69) is 5.32 Å². The molecule has 0 atom stereocenters. The second kappa shape index (κ2) is 10.6. The van der Waals surface area contributed by atoms with E-state index in [1.54, 1.807) is 19.9 Å². The Hall–Kier alpha value is -2.93. The fraction of sp³-hybridized carbons (Fsp3) is 0.318. The Morgan fingerprint density at radius 1 is 1.14 bits per heavy atom. The number of amides is 1. The molecule has 154 valence electrons. The molecular weight excluding hydrogens is 390 g/mol. The van der Waals surface area contributed by atoms with Gasteiger partial charge in [0.15, 0.2) is 5.78 Å². The number of carbonyl (C=O) groups is 3. The summed E-state index contributed by atoms with van der Waals surface area (Å²) in [5.74, 6) is -0.355.